The fourth-order valence-electron chi connectivity index (χ4n) is 2.77. The van der Waals surface area contributed by atoms with Crippen LogP contribution in [0.2, 0.25) is 0 Å². The summed E-state index contributed by atoms with van der Waals surface area (Å²) in [6, 6.07) is 0. The van der Waals surface area contributed by atoms with Gasteiger partial charge in [-0.3, -0.25) is 14.6 Å². The molecular weight excluding hydrogens is 280 g/mol. The molecule has 1 aliphatic rings. The molecule has 1 N–H and O–H groups in total. The molecule has 1 heterocycles. The summed E-state index contributed by atoms with van der Waals surface area (Å²) >= 11 is 0. The molecule has 0 bridgehead atoms. The maximum atomic E-state index is 12.1. The molecule has 0 saturated heterocycles. The number of aliphatic imine (C=N–C) groups is 1. The largest absolute Gasteiger partial charge is 0.480 e. The van der Waals surface area contributed by atoms with Gasteiger partial charge >= 0.3 is 5.97 Å². The van der Waals surface area contributed by atoms with Crippen molar-refractivity contribution in [1.29, 1.82) is 0 Å². The predicted octanol–water partition coefficient (Wildman–Crippen LogP) is 3.28. The Morgan fingerprint density at radius 1 is 1.05 bits per heavy atom. The fourth-order valence-corrected chi connectivity index (χ4v) is 2.77. The van der Waals surface area contributed by atoms with E-state index in [0.717, 1.165) is 12.8 Å². The highest BCUT2D eigenvalue weighted by Crippen LogP contribution is 2.12. The minimum atomic E-state index is -0.912. The smallest absolute Gasteiger partial charge is 0.323 e. The monoisotopic (exact) mass is 310 g/mol. The van der Waals surface area contributed by atoms with E-state index in [0.29, 0.717) is 25.3 Å². The number of aliphatic carboxylic acids is 1. The lowest BCUT2D eigenvalue weighted by atomic mass is 10.1. The van der Waals surface area contributed by atoms with Gasteiger partial charge in [0.15, 0.2) is 11.6 Å². The van der Waals surface area contributed by atoms with Crippen LogP contribution in [0.3, 0.4) is 0 Å². The third kappa shape index (κ3) is 7.57. The Labute approximate surface area is 133 Å². The molecule has 5 nitrogen and oxygen atoms in total. The molecule has 1 aliphatic heterocycles. The quantitative estimate of drug-likeness (QED) is 0.530. The molecule has 0 amide bonds. The van der Waals surface area contributed by atoms with E-state index in [1.165, 1.54) is 44.9 Å². The number of carboxylic acid groups (broad SMARTS) is 1. The zero-order valence-corrected chi connectivity index (χ0v) is 13.9. The summed E-state index contributed by atoms with van der Waals surface area (Å²) in [6.07, 6.45) is 11.5. The van der Waals surface area contributed by atoms with Crippen molar-refractivity contribution in [1.82, 2.24) is 4.90 Å². The highest BCUT2D eigenvalue weighted by Gasteiger charge is 2.24. The second-order valence-corrected chi connectivity index (χ2v) is 6.02. The van der Waals surface area contributed by atoms with E-state index in [2.05, 4.69) is 11.9 Å². The summed E-state index contributed by atoms with van der Waals surface area (Å²) in [5.41, 5.74) is 0. The average Bonchev–Trinajstić information content (AvgIpc) is 2.92. The molecule has 0 saturated carbocycles. The maximum Gasteiger partial charge on any atom is 0.323 e. The summed E-state index contributed by atoms with van der Waals surface area (Å²) in [5, 5.41) is 8.82. The van der Waals surface area contributed by atoms with Crippen molar-refractivity contribution in [3.63, 3.8) is 0 Å². The molecule has 1 rings (SSSR count). The van der Waals surface area contributed by atoms with E-state index >= 15 is 0 Å². The number of rotatable bonds is 13. The highest BCUT2D eigenvalue weighted by atomic mass is 16.4. The standard InChI is InChI=1S/C17H30N2O3/c1-2-3-4-5-6-7-8-9-10-11-15(20)17-18-12-13-19(17)14-16(21)22/h2-14H2,1H3,(H,21,22). The summed E-state index contributed by atoms with van der Waals surface area (Å²) in [4.78, 5) is 28.6. The molecule has 5 heteroatoms. The summed E-state index contributed by atoms with van der Waals surface area (Å²) in [7, 11) is 0. The number of carbonyl (C=O) groups excluding carboxylic acids is 1. The topological polar surface area (TPSA) is 70.0 Å². The van der Waals surface area contributed by atoms with E-state index in [9.17, 15) is 9.59 Å². The van der Waals surface area contributed by atoms with E-state index in [1.54, 1.807) is 4.90 Å². The Morgan fingerprint density at radius 2 is 1.64 bits per heavy atom. The minimum Gasteiger partial charge on any atom is -0.480 e. The van der Waals surface area contributed by atoms with Gasteiger partial charge in [-0.25, -0.2) is 0 Å². The number of hydrogen-bond donors (Lipinski definition) is 1. The van der Waals surface area contributed by atoms with Gasteiger partial charge < -0.3 is 10.0 Å². The molecule has 0 aromatic carbocycles. The van der Waals surface area contributed by atoms with Crippen LogP contribution in [-0.4, -0.2) is 47.2 Å². The Balaban J connectivity index is 2.07. The first kappa shape index (κ1) is 18.7. The van der Waals surface area contributed by atoms with E-state index < -0.39 is 5.97 Å². The van der Waals surface area contributed by atoms with Crippen molar-refractivity contribution < 1.29 is 14.7 Å². The molecule has 0 unspecified atom stereocenters. The number of carbonyl (C=O) groups is 2. The van der Waals surface area contributed by atoms with Gasteiger partial charge in [-0.1, -0.05) is 58.3 Å². The molecule has 22 heavy (non-hydrogen) atoms. The van der Waals surface area contributed by atoms with Crippen LogP contribution >= 0.6 is 0 Å². The van der Waals surface area contributed by atoms with Crippen LogP contribution < -0.4 is 0 Å². The van der Waals surface area contributed by atoms with Crippen molar-refractivity contribution in [2.24, 2.45) is 4.99 Å². The van der Waals surface area contributed by atoms with Gasteiger partial charge in [0.2, 0.25) is 0 Å². The Bertz CT molecular complexity index is 380. The lowest BCUT2D eigenvalue weighted by molar-refractivity contribution is -0.137. The minimum absolute atomic E-state index is 0.00157. The zero-order valence-electron chi connectivity index (χ0n) is 13.9. The van der Waals surface area contributed by atoms with E-state index in [-0.39, 0.29) is 12.3 Å². The van der Waals surface area contributed by atoms with Gasteiger partial charge in [0, 0.05) is 13.0 Å². The van der Waals surface area contributed by atoms with Crippen LogP contribution in [0.4, 0.5) is 0 Å². The fraction of sp³-hybridized carbons (Fsp3) is 0.824. The molecule has 0 aromatic heterocycles. The van der Waals surface area contributed by atoms with Crippen LogP contribution in [0.25, 0.3) is 0 Å². The van der Waals surface area contributed by atoms with Crippen LogP contribution in [0.5, 0.6) is 0 Å². The Hall–Kier alpha value is -1.39. The second kappa shape index (κ2) is 11.2. The van der Waals surface area contributed by atoms with Gasteiger partial charge in [-0.15, -0.1) is 0 Å². The van der Waals surface area contributed by atoms with Crippen LogP contribution in [0.15, 0.2) is 4.99 Å². The number of hydrogen-bond acceptors (Lipinski definition) is 4. The normalized spacial score (nSPS) is 14.2. The number of carboxylic acids is 1. The van der Waals surface area contributed by atoms with Gasteiger partial charge in [-0.2, -0.15) is 0 Å². The number of unbranched alkanes of at least 4 members (excludes halogenated alkanes) is 8. The number of nitrogens with zero attached hydrogens (tertiary/aromatic N) is 2. The lowest BCUT2D eigenvalue weighted by Crippen LogP contribution is -2.37. The van der Waals surface area contributed by atoms with Crippen molar-refractivity contribution in [3.8, 4) is 0 Å². The van der Waals surface area contributed by atoms with E-state index in [1.807, 2.05) is 0 Å². The lowest BCUT2D eigenvalue weighted by Gasteiger charge is -2.16. The molecule has 0 radical (unpaired) electrons. The molecular formula is C17H30N2O3. The first-order chi connectivity index (χ1) is 10.6. The molecule has 126 valence electrons. The molecule has 0 aliphatic carbocycles. The third-order valence-corrected chi connectivity index (χ3v) is 4.01. The van der Waals surface area contributed by atoms with Crippen molar-refractivity contribution in [3.05, 3.63) is 0 Å². The SMILES string of the molecule is CCCCCCCCCCCC(=O)C1=NCCN1CC(=O)O. The van der Waals surface area contributed by atoms with Crippen LogP contribution in [0, 0.1) is 0 Å². The maximum absolute atomic E-state index is 12.1. The van der Waals surface area contributed by atoms with Gasteiger partial charge in [0.25, 0.3) is 0 Å². The number of amidine groups is 1. The molecule has 0 fully saturated rings. The van der Waals surface area contributed by atoms with Crippen LogP contribution in [0.1, 0.15) is 71.1 Å². The van der Waals surface area contributed by atoms with Crippen LogP contribution in [-0.2, 0) is 9.59 Å². The highest BCUT2D eigenvalue weighted by molar-refractivity contribution is 6.39. The van der Waals surface area contributed by atoms with E-state index in [4.69, 9.17) is 5.11 Å². The van der Waals surface area contributed by atoms with Gasteiger partial charge in [0.1, 0.15) is 6.54 Å². The molecule has 0 aromatic rings. The summed E-state index contributed by atoms with van der Waals surface area (Å²) < 4.78 is 0. The average molecular weight is 310 g/mol. The van der Waals surface area contributed by atoms with Gasteiger partial charge in [0.05, 0.1) is 6.54 Å². The number of Topliss-reactive ketones (excluding diaryl/α,β-unsaturated/α-hetero) is 1. The third-order valence-electron chi connectivity index (χ3n) is 4.01. The van der Waals surface area contributed by atoms with Gasteiger partial charge in [-0.05, 0) is 6.42 Å². The first-order valence-electron chi connectivity index (χ1n) is 8.69. The van der Waals surface area contributed by atoms with Crippen molar-refractivity contribution in [2.45, 2.75) is 71.1 Å². The Morgan fingerprint density at radius 3 is 2.23 bits per heavy atom. The predicted molar refractivity (Wildman–Crippen MR) is 88.4 cm³/mol. The van der Waals surface area contributed by atoms with Crippen molar-refractivity contribution >= 4 is 17.6 Å². The zero-order chi connectivity index (χ0) is 16.2. The van der Waals surface area contributed by atoms with Crippen molar-refractivity contribution in [2.75, 3.05) is 19.6 Å². The first-order valence-corrected chi connectivity index (χ1v) is 8.69. The summed E-state index contributed by atoms with van der Waals surface area (Å²) in [6.45, 7) is 3.18. The molecule has 0 atom stereocenters. The Kier molecular flexibility index (Phi) is 9.51. The summed E-state index contributed by atoms with van der Waals surface area (Å²) in [5.74, 6) is -0.533. The molecule has 0 spiro atoms. The second-order valence-electron chi connectivity index (χ2n) is 6.02. The number of ketones is 1.